The summed E-state index contributed by atoms with van der Waals surface area (Å²) in [4.78, 5) is 20.4. The smallest absolute Gasteiger partial charge is 0.262 e. The Balaban J connectivity index is 3.94. The van der Waals surface area contributed by atoms with Crippen molar-refractivity contribution in [2.75, 3.05) is 34.8 Å². The fourth-order valence-corrected chi connectivity index (χ4v) is 1.30. The number of hydrogen-bond acceptors (Lipinski definition) is 4. The van der Waals surface area contributed by atoms with E-state index in [9.17, 15) is 4.79 Å². The zero-order valence-corrected chi connectivity index (χ0v) is 11.0. The second kappa shape index (κ2) is 8.77. The third kappa shape index (κ3) is 6.08. The van der Waals surface area contributed by atoms with Gasteiger partial charge < -0.3 is 16.4 Å². The van der Waals surface area contributed by atoms with E-state index in [0.717, 1.165) is 6.42 Å². The van der Waals surface area contributed by atoms with E-state index >= 15 is 0 Å². The van der Waals surface area contributed by atoms with E-state index in [1.54, 1.807) is 21.1 Å². The fraction of sp³-hybridized carbons (Fsp3) is 0.800. The van der Waals surface area contributed by atoms with Crippen LogP contribution >= 0.6 is 0 Å². The maximum Gasteiger partial charge on any atom is 0.262 e. The molecular weight excluding hydrogens is 222 g/mol. The molecule has 0 aliphatic heterocycles. The van der Waals surface area contributed by atoms with Crippen LogP contribution in [0, 0.1) is 0 Å². The molecule has 7 nitrogen and oxygen atoms in total. The van der Waals surface area contributed by atoms with Crippen LogP contribution in [-0.4, -0.2) is 57.8 Å². The molecule has 0 heterocycles. The first-order valence-corrected chi connectivity index (χ1v) is 5.51. The number of carbonyl (C=O) groups is 1. The molecule has 0 rings (SSSR count). The van der Waals surface area contributed by atoms with Gasteiger partial charge in [-0.2, -0.15) is 0 Å². The van der Waals surface area contributed by atoms with E-state index in [1.807, 2.05) is 0 Å². The van der Waals surface area contributed by atoms with Crippen molar-refractivity contribution in [3.05, 3.63) is 0 Å². The van der Waals surface area contributed by atoms with Gasteiger partial charge in [-0.05, 0) is 19.9 Å². The monoisotopic (exact) mass is 245 g/mol. The van der Waals surface area contributed by atoms with Crippen molar-refractivity contribution in [1.82, 2.24) is 15.7 Å². The first kappa shape index (κ1) is 15.7. The van der Waals surface area contributed by atoms with Gasteiger partial charge in [-0.25, -0.2) is 5.06 Å². The maximum atomic E-state index is 11.8. The molecule has 4 N–H and O–H groups in total. The second-order valence-corrected chi connectivity index (χ2v) is 3.54. The zero-order valence-electron chi connectivity index (χ0n) is 11.0. The van der Waals surface area contributed by atoms with Gasteiger partial charge in [0.25, 0.3) is 5.91 Å². The number of rotatable bonds is 7. The SMILES string of the molecule is CN=C(N)NCCC[C@H](NC)C(=O)N(C)OC. The molecule has 0 aromatic carbocycles. The molecule has 7 heteroatoms. The first-order valence-electron chi connectivity index (χ1n) is 5.51. The third-order valence-electron chi connectivity index (χ3n) is 2.45. The molecule has 0 saturated heterocycles. The third-order valence-corrected chi connectivity index (χ3v) is 2.45. The highest BCUT2D eigenvalue weighted by molar-refractivity contribution is 5.80. The summed E-state index contributed by atoms with van der Waals surface area (Å²) in [6.07, 6.45) is 1.51. The standard InChI is InChI=1S/C10H23N5O2/c1-12-8(9(16)15(3)17-4)6-5-7-14-10(11)13-2/h8,12H,5-7H2,1-4H3,(H3,11,13,14)/t8-/m0/s1. The Bertz CT molecular complexity index is 257. The topological polar surface area (TPSA) is 92.0 Å². The van der Waals surface area contributed by atoms with Crippen LogP contribution in [0.25, 0.3) is 0 Å². The van der Waals surface area contributed by atoms with Gasteiger partial charge in [0, 0.05) is 20.6 Å². The lowest BCUT2D eigenvalue weighted by Gasteiger charge is -2.21. The summed E-state index contributed by atoms with van der Waals surface area (Å²) in [7, 11) is 6.43. The molecule has 0 radical (unpaired) electrons. The predicted molar refractivity (Wildman–Crippen MR) is 67.4 cm³/mol. The Labute approximate surface area is 102 Å². The largest absolute Gasteiger partial charge is 0.370 e. The highest BCUT2D eigenvalue weighted by Gasteiger charge is 2.19. The molecule has 0 aromatic heterocycles. The number of likely N-dealkylation sites (N-methyl/N-ethyl adjacent to an activating group) is 2. The Morgan fingerprint density at radius 1 is 1.59 bits per heavy atom. The van der Waals surface area contributed by atoms with Crippen molar-refractivity contribution in [2.24, 2.45) is 10.7 Å². The molecular formula is C10H23N5O2. The lowest BCUT2D eigenvalue weighted by Crippen LogP contribution is -2.43. The normalized spacial score (nSPS) is 13.3. The average Bonchev–Trinajstić information content (AvgIpc) is 2.36. The lowest BCUT2D eigenvalue weighted by molar-refractivity contribution is -0.171. The van der Waals surface area contributed by atoms with Crippen molar-refractivity contribution in [3.8, 4) is 0 Å². The zero-order chi connectivity index (χ0) is 13.3. The van der Waals surface area contributed by atoms with Crippen LogP contribution in [0.2, 0.25) is 0 Å². The van der Waals surface area contributed by atoms with E-state index < -0.39 is 0 Å². The van der Waals surface area contributed by atoms with E-state index in [2.05, 4.69) is 15.6 Å². The van der Waals surface area contributed by atoms with E-state index in [0.29, 0.717) is 18.9 Å². The van der Waals surface area contributed by atoms with Crippen LogP contribution in [0.3, 0.4) is 0 Å². The number of aliphatic imine (C=N–C) groups is 1. The Morgan fingerprint density at radius 2 is 2.24 bits per heavy atom. The summed E-state index contributed by atoms with van der Waals surface area (Å²) in [5, 5.41) is 7.12. The quantitative estimate of drug-likeness (QED) is 0.229. The van der Waals surface area contributed by atoms with E-state index in [1.165, 1.54) is 12.2 Å². The highest BCUT2D eigenvalue weighted by atomic mass is 16.7. The fourth-order valence-electron chi connectivity index (χ4n) is 1.30. The van der Waals surface area contributed by atoms with Gasteiger partial charge in [-0.1, -0.05) is 0 Å². The van der Waals surface area contributed by atoms with Crippen molar-refractivity contribution < 1.29 is 9.63 Å². The number of hydrogen-bond donors (Lipinski definition) is 3. The molecule has 0 fully saturated rings. The van der Waals surface area contributed by atoms with Crippen molar-refractivity contribution in [3.63, 3.8) is 0 Å². The minimum absolute atomic E-state index is 0.0906. The summed E-state index contributed by atoms with van der Waals surface area (Å²) in [6, 6.07) is -0.249. The maximum absolute atomic E-state index is 11.8. The summed E-state index contributed by atoms with van der Waals surface area (Å²) >= 11 is 0. The number of nitrogens with two attached hydrogens (primary N) is 1. The van der Waals surface area contributed by atoms with Crippen LogP contribution in [-0.2, 0) is 9.63 Å². The summed E-state index contributed by atoms with van der Waals surface area (Å²) in [5.41, 5.74) is 5.48. The summed E-state index contributed by atoms with van der Waals surface area (Å²) < 4.78 is 0. The van der Waals surface area contributed by atoms with Gasteiger partial charge in [0.1, 0.15) is 0 Å². The van der Waals surface area contributed by atoms with Gasteiger partial charge in [0.2, 0.25) is 0 Å². The minimum atomic E-state index is -0.249. The van der Waals surface area contributed by atoms with Gasteiger partial charge in [-0.15, -0.1) is 0 Å². The molecule has 1 amide bonds. The number of hydroxylamine groups is 2. The van der Waals surface area contributed by atoms with Crippen LogP contribution in [0.4, 0.5) is 0 Å². The summed E-state index contributed by atoms with van der Waals surface area (Å²) in [5.74, 6) is 0.318. The van der Waals surface area contributed by atoms with Crippen molar-refractivity contribution in [2.45, 2.75) is 18.9 Å². The van der Waals surface area contributed by atoms with Crippen LogP contribution < -0.4 is 16.4 Å². The molecule has 0 bridgehead atoms. The van der Waals surface area contributed by atoms with Crippen molar-refractivity contribution in [1.29, 1.82) is 0 Å². The predicted octanol–water partition coefficient (Wildman–Crippen LogP) is -1.09. The van der Waals surface area contributed by atoms with Gasteiger partial charge in [0.05, 0.1) is 13.2 Å². The summed E-state index contributed by atoms with van der Waals surface area (Å²) in [6.45, 7) is 0.686. The van der Waals surface area contributed by atoms with Gasteiger partial charge in [0.15, 0.2) is 5.96 Å². The molecule has 0 saturated carbocycles. The average molecular weight is 245 g/mol. The van der Waals surface area contributed by atoms with E-state index in [-0.39, 0.29) is 11.9 Å². The minimum Gasteiger partial charge on any atom is -0.370 e. The van der Waals surface area contributed by atoms with E-state index in [4.69, 9.17) is 10.6 Å². The van der Waals surface area contributed by atoms with Crippen LogP contribution in [0.1, 0.15) is 12.8 Å². The second-order valence-electron chi connectivity index (χ2n) is 3.54. The number of guanidine groups is 1. The molecule has 0 unspecified atom stereocenters. The van der Waals surface area contributed by atoms with Gasteiger partial charge >= 0.3 is 0 Å². The molecule has 17 heavy (non-hydrogen) atoms. The number of carbonyl (C=O) groups excluding carboxylic acids is 1. The Hall–Kier alpha value is -1.34. The first-order chi connectivity index (χ1) is 8.06. The Morgan fingerprint density at radius 3 is 2.71 bits per heavy atom. The number of nitrogens with zero attached hydrogens (tertiary/aromatic N) is 2. The Kier molecular flexibility index (Phi) is 8.08. The molecule has 0 aliphatic carbocycles. The number of nitrogens with one attached hydrogen (secondary N) is 2. The molecule has 0 spiro atoms. The molecule has 1 atom stereocenters. The van der Waals surface area contributed by atoms with Crippen LogP contribution in [0.5, 0.6) is 0 Å². The molecule has 100 valence electrons. The highest BCUT2D eigenvalue weighted by Crippen LogP contribution is 2.00. The van der Waals surface area contributed by atoms with Gasteiger partial charge in [-0.3, -0.25) is 14.6 Å². The van der Waals surface area contributed by atoms with Crippen molar-refractivity contribution >= 4 is 11.9 Å². The molecule has 0 aliphatic rings. The number of amides is 1. The van der Waals surface area contributed by atoms with Crippen LogP contribution in [0.15, 0.2) is 4.99 Å². The molecule has 0 aromatic rings. The lowest BCUT2D eigenvalue weighted by atomic mass is 10.1.